The number of rotatable bonds is 16. The summed E-state index contributed by atoms with van der Waals surface area (Å²) in [5.41, 5.74) is 28.9. The van der Waals surface area contributed by atoms with E-state index >= 15 is 0 Å². The summed E-state index contributed by atoms with van der Waals surface area (Å²) in [6.07, 6.45) is 8.50. The van der Waals surface area contributed by atoms with Gasteiger partial charge in [0.25, 0.3) is 0 Å². The van der Waals surface area contributed by atoms with Crippen molar-refractivity contribution in [1.82, 2.24) is 39.9 Å². The van der Waals surface area contributed by atoms with Crippen molar-refractivity contribution in [2.45, 2.75) is 73.9 Å². The topological polar surface area (TPSA) is 103 Å². The van der Waals surface area contributed by atoms with Gasteiger partial charge in [0.1, 0.15) is 0 Å². The molecule has 0 aliphatic heterocycles. The Labute approximate surface area is 868 Å². The fourth-order valence-corrected chi connectivity index (χ4v) is 13.0. The Kier molecular flexibility index (Phi) is 38.2. The predicted octanol–water partition coefficient (Wildman–Crippen LogP) is 30.2. The maximum absolute atomic E-state index is 7.57. The minimum atomic E-state index is -2.07. The molecule has 20 aromatic rings. The minimum Gasteiger partial charge on any atom is -0.304 e. The molecule has 0 saturated carbocycles. The van der Waals surface area contributed by atoms with Gasteiger partial charge in [0.2, 0.25) is 0 Å². The molecule has 0 bridgehead atoms. The predicted molar refractivity (Wildman–Crippen MR) is 542 cm³/mol. The Morgan fingerprint density at radius 1 is 0.200 bits per heavy atom. The van der Waals surface area contributed by atoms with Crippen LogP contribution < -0.4 is 0 Å². The molecule has 4 radical (unpaired) electrons. The molecule has 0 saturated heterocycles. The van der Waals surface area contributed by atoms with Crippen molar-refractivity contribution >= 4 is 0 Å². The van der Waals surface area contributed by atoms with Crippen LogP contribution in [-0.2, 0) is 106 Å². The fraction of sp³-hybridized carbons (Fsp3) is 0.0894. The fourth-order valence-electron chi connectivity index (χ4n) is 13.0. The Bertz CT molecular complexity index is 6730. The first kappa shape index (κ1) is 89.3. The second-order valence-corrected chi connectivity index (χ2v) is 29.3. The molecule has 135 heavy (non-hydrogen) atoms. The molecular formula is C123H102Ir4N8-8. The largest absolute Gasteiger partial charge is 0.304 e. The van der Waals surface area contributed by atoms with Gasteiger partial charge in [0.15, 0.2) is 0 Å². The van der Waals surface area contributed by atoms with Crippen LogP contribution in [-0.4, -0.2) is 39.9 Å². The number of aryl methyl sites for hydroxylation is 7. The minimum absolute atomic E-state index is 0. The number of aromatic nitrogens is 8. The molecule has 8 aromatic heterocycles. The molecule has 0 unspecified atom stereocenters. The molecule has 0 atom stereocenters. The summed E-state index contributed by atoms with van der Waals surface area (Å²) in [5, 5.41) is 0. The van der Waals surface area contributed by atoms with Gasteiger partial charge in [0, 0.05) is 145 Å². The molecule has 678 valence electrons. The van der Waals surface area contributed by atoms with Crippen LogP contribution in [0.15, 0.2) is 444 Å². The van der Waals surface area contributed by atoms with Crippen molar-refractivity contribution in [3.8, 4) is 135 Å². The molecule has 8 heterocycles. The van der Waals surface area contributed by atoms with Crippen molar-refractivity contribution in [2.24, 2.45) is 0 Å². The molecule has 0 aliphatic rings. The third-order valence-corrected chi connectivity index (χ3v) is 20.3. The van der Waals surface area contributed by atoms with E-state index in [-0.39, 0.29) is 80.4 Å². The van der Waals surface area contributed by atoms with Gasteiger partial charge >= 0.3 is 0 Å². The summed E-state index contributed by atoms with van der Waals surface area (Å²) < 4.78 is 82.7. The summed E-state index contributed by atoms with van der Waals surface area (Å²) in [5.74, 6) is 0. The van der Waals surface area contributed by atoms with Crippen LogP contribution in [0.3, 0.4) is 0 Å². The first-order valence-electron chi connectivity index (χ1n) is 48.2. The number of hydrogen-bond donors (Lipinski definition) is 0. The van der Waals surface area contributed by atoms with E-state index in [1.165, 1.54) is 55.5 Å². The number of hydrogen-bond acceptors (Lipinski definition) is 8. The van der Waals surface area contributed by atoms with E-state index < -0.39 is 32.3 Å². The normalized spacial score (nSPS) is 11.6. The van der Waals surface area contributed by atoms with Crippen molar-refractivity contribution in [3.05, 3.63) is 531 Å². The molecule has 8 nitrogen and oxygen atoms in total. The van der Waals surface area contributed by atoms with E-state index in [0.29, 0.717) is 27.8 Å². The van der Waals surface area contributed by atoms with E-state index in [9.17, 15) is 0 Å². The van der Waals surface area contributed by atoms with Gasteiger partial charge in [-0.2, -0.15) is 0 Å². The van der Waals surface area contributed by atoms with Gasteiger partial charge < -0.3 is 39.9 Å². The second-order valence-electron chi connectivity index (χ2n) is 29.3. The standard InChI is InChI=1S/3C18H14N.C17H12N.4C13H12N.4Ir/c1-14-7-5-6-10-17(14)16-11-12-18(19-13-16)15-8-3-2-4-9-15;2*1-14-7-9-15(10-8-14)17-11-12-18(19-13-17)16-5-3-2-4-6-16;1-3-7-14(8-4-1)16-11-12-17(18-13-16)15-9-5-2-6-10-15;4*1-2-11-8-9-13(14-10-11)12-6-4-3-5-7-12;;;;/h2-8,10-13H,1H3;2*2-5,7-13H,1H3;1-9,11-13H;4*3-6,8-10H,2H2,1H3;;;;/q8*-1;;;;/i;1D3;;;4*2D2;;;;. The zero-order valence-corrected chi connectivity index (χ0v) is 84.6. The van der Waals surface area contributed by atoms with Gasteiger partial charge in [-0.05, 0) is 164 Å². The van der Waals surface area contributed by atoms with Gasteiger partial charge in [0.05, 0.1) is 0 Å². The molecule has 12 heteroatoms. The van der Waals surface area contributed by atoms with Crippen LogP contribution in [0.4, 0.5) is 0 Å². The number of pyridine rings is 8. The van der Waals surface area contributed by atoms with Crippen molar-refractivity contribution in [2.75, 3.05) is 0 Å². The monoisotopic (exact) mass is 2470 g/mol. The Balaban J connectivity index is 0.000000185. The first-order valence-corrected chi connectivity index (χ1v) is 42.7. The van der Waals surface area contributed by atoms with Crippen molar-refractivity contribution in [3.63, 3.8) is 0 Å². The van der Waals surface area contributed by atoms with Crippen LogP contribution in [0.25, 0.3) is 135 Å². The van der Waals surface area contributed by atoms with Gasteiger partial charge in [-0.3, -0.25) is 0 Å². The van der Waals surface area contributed by atoms with Crippen LogP contribution in [0.5, 0.6) is 0 Å². The van der Waals surface area contributed by atoms with Crippen LogP contribution >= 0.6 is 0 Å². The van der Waals surface area contributed by atoms with Crippen LogP contribution in [0.1, 0.15) is 81.7 Å². The van der Waals surface area contributed by atoms with Crippen LogP contribution in [0, 0.1) is 69.2 Å². The number of nitrogens with zero attached hydrogens (tertiary/aromatic N) is 8. The number of benzene rings is 12. The maximum atomic E-state index is 7.57. The summed E-state index contributed by atoms with van der Waals surface area (Å²) in [6, 6.07) is 152. The van der Waals surface area contributed by atoms with Crippen LogP contribution in [0.2, 0.25) is 0 Å². The quantitative estimate of drug-likeness (QED) is 0.0882. The van der Waals surface area contributed by atoms with Gasteiger partial charge in [-0.15, -0.1) is 287 Å². The third-order valence-electron chi connectivity index (χ3n) is 20.3. The summed E-state index contributed by atoms with van der Waals surface area (Å²) >= 11 is 0. The molecule has 0 aliphatic carbocycles. The SMILES string of the molecule is Cc1ccc(-c2ccc(-c3[c-]cccc3)nc2)cc1.Cc1ccccc1-c1ccc(-c2[c-]cccc2)nc1.[2H]C([2H])(C)c1ccc(-c2[c-]cccc2)nc1.[2H]C([2H])(C)c1ccc(-c2[c-]cccc2)nc1.[2H]C([2H])(C)c1ccc(-c2[c-]cccc2)nc1.[2H]C([2H])(C)c1ccc(-c2[c-]cccc2)nc1.[2H]C([2H])([2H])c1ccc(-c2ccc(-c3[c-]cccc3)nc2)cc1.[Ir].[Ir].[Ir].[Ir].[c-]1ccccc1-c1ccc(-c2ccccc2)cn1. The maximum Gasteiger partial charge on any atom is 0.0314 e. The van der Waals surface area contributed by atoms with E-state index in [2.05, 4.69) is 181 Å². The first-order chi connectivity index (χ1) is 68.4. The van der Waals surface area contributed by atoms with E-state index in [1.807, 2.05) is 298 Å². The van der Waals surface area contributed by atoms with E-state index in [4.69, 9.17) is 15.1 Å². The van der Waals surface area contributed by atoms with Crippen molar-refractivity contribution < 1.29 is 95.5 Å². The smallest absolute Gasteiger partial charge is 0.0314 e. The molecular weight excluding hydrogens is 2360 g/mol. The molecule has 12 aromatic carbocycles. The summed E-state index contributed by atoms with van der Waals surface area (Å²) in [4.78, 5) is 35.0. The molecule has 20 rings (SSSR count). The molecule has 0 fully saturated rings. The van der Waals surface area contributed by atoms with Crippen molar-refractivity contribution in [1.29, 1.82) is 0 Å². The van der Waals surface area contributed by atoms with E-state index in [1.54, 1.807) is 67.4 Å². The summed E-state index contributed by atoms with van der Waals surface area (Å²) in [7, 11) is 0. The second kappa shape index (κ2) is 57.8. The third kappa shape index (κ3) is 33.2. The molecule has 0 N–H and O–H groups in total. The van der Waals surface area contributed by atoms with E-state index in [0.717, 1.165) is 118 Å². The zero-order chi connectivity index (χ0) is 100. The van der Waals surface area contributed by atoms with Gasteiger partial charge in [-0.25, -0.2) is 0 Å². The Hall–Kier alpha value is -13.6. The van der Waals surface area contributed by atoms with Gasteiger partial charge in [-0.1, -0.05) is 239 Å². The Morgan fingerprint density at radius 2 is 0.407 bits per heavy atom. The average Bonchev–Trinajstić information content (AvgIpc) is 0.815. The molecule has 0 spiro atoms. The zero-order valence-electron chi connectivity index (χ0n) is 86.1. The average molecular weight is 2470 g/mol. The summed E-state index contributed by atoms with van der Waals surface area (Å²) in [6.45, 7) is 8.25. The molecule has 0 amide bonds. The Morgan fingerprint density at radius 3 is 0.615 bits per heavy atom.